The van der Waals surface area contributed by atoms with Gasteiger partial charge in [-0.25, -0.2) is 0 Å². The molecule has 0 spiro atoms. The number of rotatable bonds is 4. The second-order valence-electron chi connectivity index (χ2n) is 3.26. The second-order valence-corrected chi connectivity index (χ2v) is 3.26. The average molecular weight is 190 g/mol. The molecule has 0 heterocycles. The molecule has 0 radical (unpaired) electrons. The highest BCUT2D eigenvalue weighted by Crippen LogP contribution is 2.19. The van der Waals surface area contributed by atoms with E-state index in [1.807, 2.05) is 19.1 Å². The van der Waals surface area contributed by atoms with Gasteiger partial charge in [-0.3, -0.25) is 4.79 Å². The van der Waals surface area contributed by atoms with Crippen molar-refractivity contribution in [2.45, 2.75) is 13.3 Å². The molecular weight excluding hydrogens is 176 g/mol. The summed E-state index contributed by atoms with van der Waals surface area (Å²) in [5, 5.41) is 0. The zero-order valence-electron chi connectivity index (χ0n) is 8.54. The maximum atomic E-state index is 11.7. The van der Waals surface area contributed by atoms with Crippen LogP contribution in [0.5, 0.6) is 5.75 Å². The lowest BCUT2D eigenvalue weighted by atomic mass is 10.0. The van der Waals surface area contributed by atoms with Crippen molar-refractivity contribution in [3.63, 3.8) is 0 Å². The van der Waals surface area contributed by atoms with Crippen LogP contribution in [-0.4, -0.2) is 12.9 Å². The standard InChI is InChI=1S/C12H14O2/c1-9(2)8-11(13)10-6-4-5-7-12(10)14-3/h4-7H,1,8H2,2-3H3. The van der Waals surface area contributed by atoms with E-state index in [0.717, 1.165) is 5.57 Å². The molecule has 1 aromatic carbocycles. The van der Waals surface area contributed by atoms with Gasteiger partial charge in [-0.15, -0.1) is 0 Å². The molecular formula is C12H14O2. The molecule has 2 heteroatoms. The number of methoxy groups -OCH3 is 1. The summed E-state index contributed by atoms with van der Waals surface area (Å²) in [4.78, 5) is 11.7. The lowest BCUT2D eigenvalue weighted by molar-refractivity contribution is 0.0990. The van der Waals surface area contributed by atoms with Crippen LogP contribution in [0.2, 0.25) is 0 Å². The van der Waals surface area contributed by atoms with Gasteiger partial charge in [0, 0.05) is 6.42 Å². The number of benzene rings is 1. The Bertz CT molecular complexity index is 353. The van der Waals surface area contributed by atoms with Crippen molar-refractivity contribution in [1.82, 2.24) is 0 Å². The van der Waals surface area contributed by atoms with Gasteiger partial charge in [-0.1, -0.05) is 24.3 Å². The van der Waals surface area contributed by atoms with Crippen molar-refractivity contribution in [3.8, 4) is 5.75 Å². The number of ether oxygens (including phenoxy) is 1. The zero-order valence-corrected chi connectivity index (χ0v) is 8.54. The maximum absolute atomic E-state index is 11.7. The summed E-state index contributed by atoms with van der Waals surface area (Å²) in [6.07, 6.45) is 0.375. The molecule has 0 aliphatic carbocycles. The first kappa shape index (κ1) is 10.5. The summed E-state index contributed by atoms with van der Waals surface area (Å²) in [7, 11) is 1.56. The van der Waals surface area contributed by atoms with Crippen LogP contribution in [0.1, 0.15) is 23.7 Å². The highest BCUT2D eigenvalue weighted by Gasteiger charge is 2.10. The largest absolute Gasteiger partial charge is 0.496 e. The van der Waals surface area contributed by atoms with E-state index in [-0.39, 0.29) is 5.78 Å². The van der Waals surface area contributed by atoms with Gasteiger partial charge in [-0.2, -0.15) is 0 Å². The number of Topliss-reactive ketones (excluding diaryl/α,β-unsaturated/α-hetero) is 1. The SMILES string of the molecule is C=C(C)CC(=O)c1ccccc1OC. The fourth-order valence-corrected chi connectivity index (χ4v) is 1.24. The number of para-hydroxylation sites is 1. The van der Waals surface area contributed by atoms with Crippen molar-refractivity contribution >= 4 is 5.78 Å². The van der Waals surface area contributed by atoms with Gasteiger partial charge in [0.1, 0.15) is 5.75 Å². The molecule has 0 unspecified atom stereocenters. The van der Waals surface area contributed by atoms with Crippen molar-refractivity contribution in [3.05, 3.63) is 42.0 Å². The first-order valence-corrected chi connectivity index (χ1v) is 4.45. The molecule has 0 saturated heterocycles. The minimum atomic E-state index is 0.0509. The van der Waals surface area contributed by atoms with E-state index in [1.165, 1.54) is 0 Å². The highest BCUT2D eigenvalue weighted by atomic mass is 16.5. The van der Waals surface area contributed by atoms with E-state index >= 15 is 0 Å². The Morgan fingerprint density at radius 2 is 2.07 bits per heavy atom. The van der Waals surface area contributed by atoms with E-state index in [2.05, 4.69) is 6.58 Å². The van der Waals surface area contributed by atoms with Gasteiger partial charge >= 0.3 is 0 Å². The third-order valence-corrected chi connectivity index (χ3v) is 1.87. The lowest BCUT2D eigenvalue weighted by Crippen LogP contribution is -2.01. The molecule has 0 aliphatic heterocycles. The third-order valence-electron chi connectivity index (χ3n) is 1.87. The molecule has 0 aliphatic rings. The third kappa shape index (κ3) is 2.46. The van der Waals surface area contributed by atoms with E-state index in [4.69, 9.17) is 4.74 Å². The van der Waals surface area contributed by atoms with Crippen LogP contribution < -0.4 is 4.74 Å². The molecule has 0 fully saturated rings. The number of allylic oxidation sites excluding steroid dienone is 1. The molecule has 0 N–H and O–H groups in total. The molecule has 0 amide bonds. The van der Waals surface area contributed by atoms with Crippen LogP contribution in [0, 0.1) is 0 Å². The Hall–Kier alpha value is -1.57. The summed E-state index contributed by atoms with van der Waals surface area (Å²) in [6, 6.07) is 7.22. The first-order chi connectivity index (χ1) is 6.65. The van der Waals surface area contributed by atoms with Crippen LogP contribution in [0.4, 0.5) is 0 Å². The van der Waals surface area contributed by atoms with E-state index in [0.29, 0.717) is 17.7 Å². The van der Waals surface area contributed by atoms with Crippen LogP contribution in [0.3, 0.4) is 0 Å². The zero-order chi connectivity index (χ0) is 10.6. The molecule has 0 atom stereocenters. The number of hydrogen-bond acceptors (Lipinski definition) is 2. The first-order valence-electron chi connectivity index (χ1n) is 4.45. The van der Waals surface area contributed by atoms with E-state index in [1.54, 1.807) is 19.2 Å². The molecule has 74 valence electrons. The van der Waals surface area contributed by atoms with E-state index < -0.39 is 0 Å². The molecule has 1 aromatic rings. The highest BCUT2D eigenvalue weighted by molar-refractivity contribution is 5.99. The predicted octanol–water partition coefficient (Wildman–Crippen LogP) is 2.84. The normalized spacial score (nSPS) is 9.57. The van der Waals surface area contributed by atoms with Gasteiger partial charge in [0.05, 0.1) is 12.7 Å². The smallest absolute Gasteiger partial charge is 0.170 e. The van der Waals surface area contributed by atoms with Gasteiger partial charge in [0.15, 0.2) is 5.78 Å². The Labute approximate surface area is 84.2 Å². The fraction of sp³-hybridized carbons (Fsp3) is 0.250. The summed E-state index contributed by atoms with van der Waals surface area (Å²) >= 11 is 0. The number of carbonyl (C=O) groups excluding carboxylic acids is 1. The van der Waals surface area contributed by atoms with Crippen LogP contribution in [-0.2, 0) is 0 Å². The molecule has 14 heavy (non-hydrogen) atoms. The maximum Gasteiger partial charge on any atom is 0.170 e. The quantitative estimate of drug-likeness (QED) is 0.539. The van der Waals surface area contributed by atoms with Crippen molar-refractivity contribution in [2.75, 3.05) is 7.11 Å². The summed E-state index contributed by atoms with van der Waals surface area (Å²) in [5.41, 5.74) is 1.49. The van der Waals surface area contributed by atoms with Gasteiger partial charge in [0.25, 0.3) is 0 Å². The summed E-state index contributed by atoms with van der Waals surface area (Å²) in [5.74, 6) is 0.675. The van der Waals surface area contributed by atoms with Crippen molar-refractivity contribution in [1.29, 1.82) is 0 Å². The molecule has 0 bridgehead atoms. The van der Waals surface area contributed by atoms with Crippen LogP contribution in [0.25, 0.3) is 0 Å². The number of ketones is 1. The van der Waals surface area contributed by atoms with Gasteiger partial charge in [-0.05, 0) is 19.1 Å². The second kappa shape index (κ2) is 4.61. The summed E-state index contributed by atoms with van der Waals surface area (Å²) < 4.78 is 5.10. The number of hydrogen-bond donors (Lipinski definition) is 0. The molecule has 2 nitrogen and oxygen atoms in total. The van der Waals surface area contributed by atoms with Crippen LogP contribution >= 0.6 is 0 Å². The molecule has 0 saturated carbocycles. The van der Waals surface area contributed by atoms with Crippen LogP contribution in [0.15, 0.2) is 36.4 Å². The van der Waals surface area contributed by atoms with Crippen molar-refractivity contribution in [2.24, 2.45) is 0 Å². The van der Waals surface area contributed by atoms with E-state index in [9.17, 15) is 4.79 Å². The summed E-state index contributed by atoms with van der Waals surface area (Å²) in [6.45, 7) is 5.56. The monoisotopic (exact) mass is 190 g/mol. The fourth-order valence-electron chi connectivity index (χ4n) is 1.24. The molecule has 1 rings (SSSR count). The Balaban J connectivity index is 2.94. The minimum absolute atomic E-state index is 0.0509. The van der Waals surface area contributed by atoms with Crippen molar-refractivity contribution < 1.29 is 9.53 Å². The number of carbonyl (C=O) groups is 1. The van der Waals surface area contributed by atoms with Gasteiger partial charge in [0.2, 0.25) is 0 Å². The minimum Gasteiger partial charge on any atom is -0.496 e. The topological polar surface area (TPSA) is 26.3 Å². The Morgan fingerprint density at radius 3 is 2.64 bits per heavy atom. The predicted molar refractivity (Wildman–Crippen MR) is 56.8 cm³/mol. The average Bonchev–Trinajstić information content (AvgIpc) is 2.16. The molecule has 0 aromatic heterocycles. The Kier molecular flexibility index (Phi) is 3.46. The van der Waals surface area contributed by atoms with Gasteiger partial charge < -0.3 is 4.74 Å². The lowest BCUT2D eigenvalue weighted by Gasteiger charge is -2.06. The Morgan fingerprint density at radius 1 is 1.43 bits per heavy atom.